The SMILES string of the molecule is COC(=O)C1CC2(CCN(c3ccc(-c4ccc(OCc5ccccc5)nc4OCc4ccccc4)cc3F)CC2)C1. The van der Waals surface area contributed by atoms with E-state index in [2.05, 4.69) is 9.88 Å². The average Bonchev–Trinajstić information content (AvgIpc) is 3.02. The summed E-state index contributed by atoms with van der Waals surface area (Å²) in [5, 5.41) is 0. The Labute approximate surface area is 246 Å². The lowest BCUT2D eigenvalue weighted by molar-refractivity contribution is -0.154. The van der Waals surface area contributed by atoms with E-state index >= 15 is 4.39 Å². The molecule has 1 aromatic heterocycles. The van der Waals surface area contributed by atoms with Crippen LogP contribution in [-0.4, -0.2) is 31.2 Å². The van der Waals surface area contributed by atoms with Crippen LogP contribution in [0.5, 0.6) is 11.8 Å². The third-order valence-corrected chi connectivity index (χ3v) is 8.60. The highest BCUT2D eigenvalue weighted by atomic mass is 19.1. The molecule has 0 amide bonds. The van der Waals surface area contributed by atoms with Gasteiger partial charge in [-0.1, -0.05) is 66.7 Å². The van der Waals surface area contributed by atoms with Crippen LogP contribution < -0.4 is 14.4 Å². The van der Waals surface area contributed by atoms with Crippen molar-refractivity contribution in [1.82, 2.24) is 4.98 Å². The van der Waals surface area contributed by atoms with Crippen LogP contribution in [0, 0.1) is 17.2 Å². The first-order valence-corrected chi connectivity index (χ1v) is 14.5. The molecule has 2 heterocycles. The van der Waals surface area contributed by atoms with Crippen molar-refractivity contribution in [3.05, 3.63) is 108 Å². The molecule has 1 saturated carbocycles. The van der Waals surface area contributed by atoms with E-state index in [1.807, 2.05) is 78.9 Å². The molecule has 216 valence electrons. The number of anilines is 1. The molecule has 0 N–H and O–H groups in total. The van der Waals surface area contributed by atoms with E-state index in [-0.39, 0.29) is 23.1 Å². The van der Waals surface area contributed by atoms with Gasteiger partial charge in [0.25, 0.3) is 0 Å². The number of hydrogen-bond donors (Lipinski definition) is 0. The second kappa shape index (κ2) is 12.2. The number of ether oxygens (including phenoxy) is 3. The minimum absolute atomic E-state index is 0.0135. The number of pyridine rings is 1. The van der Waals surface area contributed by atoms with Crippen molar-refractivity contribution in [3.8, 4) is 22.9 Å². The molecule has 1 aliphatic heterocycles. The van der Waals surface area contributed by atoms with Crippen molar-refractivity contribution in [2.75, 3.05) is 25.1 Å². The molecule has 1 spiro atoms. The number of aromatic nitrogens is 1. The molecule has 0 unspecified atom stereocenters. The van der Waals surface area contributed by atoms with Gasteiger partial charge >= 0.3 is 5.97 Å². The van der Waals surface area contributed by atoms with Crippen LogP contribution in [-0.2, 0) is 22.7 Å². The molecule has 2 fully saturated rings. The van der Waals surface area contributed by atoms with Crippen molar-refractivity contribution < 1.29 is 23.4 Å². The lowest BCUT2D eigenvalue weighted by Gasteiger charge is -2.51. The Morgan fingerprint density at radius 1 is 0.881 bits per heavy atom. The zero-order valence-electron chi connectivity index (χ0n) is 23.8. The molecule has 6 rings (SSSR count). The molecular weight excluding hydrogens is 531 g/mol. The van der Waals surface area contributed by atoms with Crippen LogP contribution >= 0.6 is 0 Å². The maximum atomic E-state index is 15.6. The first-order chi connectivity index (χ1) is 20.5. The van der Waals surface area contributed by atoms with E-state index in [9.17, 15) is 4.79 Å². The topological polar surface area (TPSA) is 60.9 Å². The first kappa shape index (κ1) is 27.8. The van der Waals surface area contributed by atoms with E-state index in [0.29, 0.717) is 41.8 Å². The van der Waals surface area contributed by atoms with Gasteiger partial charge < -0.3 is 19.1 Å². The Morgan fingerprint density at radius 2 is 1.52 bits per heavy atom. The monoisotopic (exact) mass is 566 g/mol. The van der Waals surface area contributed by atoms with E-state index in [1.165, 1.54) is 7.11 Å². The Bertz CT molecular complexity index is 1510. The summed E-state index contributed by atoms with van der Waals surface area (Å²) in [6.45, 7) is 2.25. The number of carbonyl (C=O) groups is 1. The molecule has 0 radical (unpaired) electrons. The summed E-state index contributed by atoms with van der Waals surface area (Å²) in [7, 11) is 1.45. The van der Waals surface area contributed by atoms with Crippen LogP contribution in [0.15, 0.2) is 91.0 Å². The van der Waals surface area contributed by atoms with Gasteiger partial charge in [-0.15, -0.1) is 0 Å². The summed E-state index contributed by atoms with van der Waals surface area (Å²) in [6, 6.07) is 28.8. The summed E-state index contributed by atoms with van der Waals surface area (Å²) in [5.74, 6) is 0.460. The molecule has 1 saturated heterocycles. The lowest BCUT2D eigenvalue weighted by Crippen LogP contribution is -2.49. The second-order valence-electron chi connectivity index (χ2n) is 11.3. The molecular formula is C35H35FN2O4. The normalized spacial score (nSPS) is 16.1. The minimum atomic E-state index is -0.275. The highest BCUT2D eigenvalue weighted by Crippen LogP contribution is 2.53. The minimum Gasteiger partial charge on any atom is -0.473 e. The van der Waals surface area contributed by atoms with Gasteiger partial charge in [-0.05, 0) is 66.0 Å². The Hall–Kier alpha value is -4.39. The van der Waals surface area contributed by atoms with Gasteiger partial charge in [0.1, 0.15) is 19.0 Å². The van der Waals surface area contributed by atoms with Gasteiger partial charge in [-0.25, -0.2) is 4.39 Å². The van der Waals surface area contributed by atoms with Crippen LogP contribution in [0.4, 0.5) is 10.1 Å². The molecule has 6 nitrogen and oxygen atoms in total. The molecule has 2 aliphatic rings. The summed E-state index contributed by atoms with van der Waals surface area (Å²) in [6.07, 6.45) is 3.65. The van der Waals surface area contributed by atoms with Gasteiger partial charge in [0.05, 0.1) is 18.7 Å². The maximum Gasteiger partial charge on any atom is 0.308 e. The van der Waals surface area contributed by atoms with Crippen molar-refractivity contribution in [2.24, 2.45) is 11.3 Å². The van der Waals surface area contributed by atoms with E-state index in [0.717, 1.165) is 49.9 Å². The number of benzene rings is 3. The van der Waals surface area contributed by atoms with Gasteiger partial charge in [-0.3, -0.25) is 4.79 Å². The number of methoxy groups -OCH3 is 1. The predicted molar refractivity (Wildman–Crippen MR) is 160 cm³/mol. The molecule has 4 aromatic rings. The predicted octanol–water partition coefficient (Wildman–Crippen LogP) is 7.22. The number of rotatable bonds is 9. The Morgan fingerprint density at radius 3 is 2.14 bits per heavy atom. The largest absolute Gasteiger partial charge is 0.473 e. The van der Waals surface area contributed by atoms with Crippen molar-refractivity contribution in [2.45, 2.75) is 38.9 Å². The van der Waals surface area contributed by atoms with Crippen molar-refractivity contribution >= 4 is 11.7 Å². The molecule has 0 bridgehead atoms. The van der Waals surface area contributed by atoms with Crippen LogP contribution in [0.1, 0.15) is 36.8 Å². The molecule has 7 heteroatoms. The highest BCUT2D eigenvalue weighted by Gasteiger charge is 2.49. The van der Waals surface area contributed by atoms with Gasteiger partial charge in [0.2, 0.25) is 11.8 Å². The van der Waals surface area contributed by atoms with Crippen LogP contribution in [0.25, 0.3) is 11.1 Å². The average molecular weight is 567 g/mol. The van der Waals surface area contributed by atoms with Gasteiger partial charge in [0, 0.05) is 24.7 Å². The third kappa shape index (κ3) is 6.10. The molecule has 42 heavy (non-hydrogen) atoms. The first-order valence-electron chi connectivity index (χ1n) is 14.5. The number of piperidine rings is 1. The fourth-order valence-electron chi connectivity index (χ4n) is 6.17. The van der Waals surface area contributed by atoms with E-state index < -0.39 is 0 Å². The van der Waals surface area contributed by atoms with Crippen LogP contribution in [0.3, 0.4) is 0 Å². The highest BCUT2D eigenvalue weighted by molar-refractivity contribution is 5.74. The van der Waals surface area contributed by atoms with E-state index in [4.69, 9.17) is 14.2 Å². The fraction of sp³-hybridized carbons (Fsp3) is 0.314. The summed E-state index contributed by atoms with van der Waals surface area (Å²) >= 11 is 0. The van der Waals surface area contributed by atoms with Gasteiger partial charge in [0.15, 0.2) is 0 Å². The summed E-state index contributed by atoms with van der Waals surface area (Å²) in [5.41, 5.74) is 4.22. The number of halogens is 1. The molecule has 3 aromatic carbocycles. The smallest absolute Gasteiger partial charge is 0.308 e. The Balaban J connectivity index is 1.18. The van der Waals surface area contributed by atoms with Gasteiger partial charge in [-0.2, -0.15) is 4.98 Å². The number of nitrogens with zero attached hydrogens (tertiary/aromatic N) is 2. The zero-order valence-corrected chi connectivity index (χ0v) is 23.8. The molecule has 1 aliphatic carbocycles. The standard InChI is InChI=1S/C35H35FN2O4/c1-40-34(39)28-21-35(22-28)16-18-38(19-17-35)31-14-12-27(20-30(31)36)29-13-15-32(41-23-25-8-4-2-5-9-25)37-33(29)42-24-26-10-6-3-7-11-26/h2-15,20,28H,16-19,21-24H2,1H3. The maximum absolute atomic E-state index is 15.6. The summed E-state index contributed by atoms with van der Waals surface area (Å²) in [4.78, 5) is 18.6. The summed E-state index contributed by atoms with van der Waals surface area (Å²) < 4.78 is 32.6. The van der Waals surface area contributed by atoms with Crippen LogP contribution in [0.2, 0.25) is 0 Å². The number of esters is 1. The second-order valence-corrected chi connectivity index (χ2v) is 11.3. The van der Waals surface area contributed by atoms with Crippen molar-refractivity contribution in [3.63, 3.8) is 0 Å². The number of hydrogen-bond acceptors (Lipinski definition) is 6. The lowest BCUT2D eigenvalue weighted by atomic mass is 9.57. The fourth-order valence-corrected chi connectivity index (χ4v) is 6.17. The Kier molecular flexibility index (Phi) is 8.08. The quantitative estimate of drug-likeness (QED) is 0.200. The third-order valence-electron chi connectivity index (χ3n) is 8.60. The van der Waals surface area contributed by atoms with E-state index in [1.54, 1.807) is 12.1 Å². The molecule has 0 atom stereocenters. The number of carbonyl (C=O) groups excluding carboxylic acids is 1. The van der Waals surface area contributed by atoms with Crippen molar-refractivity contribution in [1.29, 1.82) is 0 Å². The zero-order chi connectivity index (χ0) is 28.9.